The van der Waals surface area contributed by atoms with Gasteiger partial charge in [0.2, 0.25) is 5.91 Å². The van der Waals surface area contributed by atoms with Gasteiger partial charge in [-0.2, -0.15) is 8.78 Å². The number of hydrogen-bond acceptors (Lipinski definition) is 3. The lowest BCUT2D eigenvalue weighted by molar-refractivity contribution is -0.140. The third kappa shape index (κ3) is 5.89. The van der Waals surface area contributed by atoms with Crippen molar-refractivity contribution in [2.24, 2.45) is 0 Å². The molecule has 8 heteroatoms. The fourth-order valence-corrected chi connectivity index (χ4v) is 6.86. The van der Waals surface area contributed by atoms with Gasteiger partial charge in [-0.25, -0.2) is 4.39 Å². The normalized spacial score (nSPS) is 17.4. The number of amides is 1. The maximum absolute atomic E-state index is 15.4. The van der Waals surface area contributed by atoms with Crippen molar-refractivity contribution in [3.05, 3.63) is 135 Å². The average Bonchev–Trinajstić information content (AvgIpc) is 3.44. The summed E-state index contributed by atoms with van der Waals surface area (Å²) in [5.74, 6) is -1.58. The maximum atomic E-state index is 15.4. The molecule has 4 aromatic rings. The monoisotopic (exact) mass is 604 g/mol. The molecule has 0 bridgehead atoms. The highest BCUT2D eigenvalue weighted by molar-refractivity contribution is 6.31. The van der Waals surface area contributed by atoms with Gasteiger partial charge in [-0.3, -0.25) is 9.69 Å². The molecule has 4 aromatic carbocycles. The molecule has 43 heavy (non-hydrogen) atoms. The van der Waals surface area contributed by atoms with Crippen LogP contribution < -0.4 is 4.74 Å². The fourth-order valence-electron chi connectivity index (χ4n) is 6.62. The minimum atomic E-state index is -3.16. The highest BCUT2D eigenvalue weighted by Gasteiger charge is 2.39. The summed E-state index contributed by atoms with van der Waals surface area (Å²) in [6, 6.07) is 27.1. The van der Waals surface area contributed by atoms with Crippen LogP contribution in [0.3, 0.4) is 0 Å². The summed E-state index contributed by atoms with van der Waals surface area (Å²) in [4.78, 5) is 18.5. The third-order valence-electron chi connectivity index (χ3n) is 8.73. The number of carbonyl (C=O) groups is 1. The van der Waals surface area contributed by atoms with Crippen LogP contribution in [-0.4, -0.2) is 40.9 Å². The molecule has 1 amide bonds. The predicted octanol–water partition coefficient (Wildman–Crippen LogP) is 7.61. The van der Waals surface area contributed by atoms with E-state index < -0.39 is 24.2 Å². The molecule has 0 radical (unpaired) electrons. The molecule has 0 saturated heterocycles. The van der Waals surface area contributed by atoms with E-state index in [0.717, 1.165) is 28.7 Å². The number of halogens is 4. The first-order valence-electron chi connectivity index (χ1n) is 14.5. The molecule has 2 aliphatic rings. The SMILES string of the molecule is CC(C(=O)N(Cc1cccc(OC(F)F)c1F)C1Cc2ccccc2C1)N1CCc2ccccc2C1c1ccccc1Cl. The largest absolute Gasteiger partial charge is 0.432 e. The molecular formula is C35H32ClF3N2O2. The molecule has 0 spiro atoms. The Morgan fingerprint density at radius 1 is 0.907 bits per heavy atom. The summed E-state index contributed by atoms with van der Waals surface area (Å²) < 4.78 is 45.8. The third-order valence-corrected chi connectivity index (χ3v) is 9.07. The van der Waals surface area contributed by atoms with Crippen LogP contribution >= 0.6 is 11.6 Å². The summed E-state index contributed by atoms with van der Waals surface area (Å²) in [5, 5.41) is 0.620. The molecule has 6 rings (SSSR count). The van der Waals surface area contributed by atoms with Crippen LogP contribution in [0, 0.1) is 5.82 Å². The minimum absolute atomic E-state index is 0.0741. The topological polar surface area (TPSA) is 32.8 Å². The van der Waals surface area contributed by atoms with Crippen molar-refractivity contribution >= 4 is 17.5 Å². The van der Waals surface area contributed by atoms with Crippen LogP contribution in [-0.2, 0) is 30.6 Å². The first kappa shape index (κ1) is 29.3. The molecule has 0 fully saturated rings. The Morgan fingerprint density at radius 2 is 1.53 bits per heavy atom. The molecule has 0 aromatic heterocycles. The zero-order chi connectivity index (χ0) is 30.1. The molecule has 0 N–H and O–H groups in total. The van der Waals surface area contributed by atoms with Crippen molar-refractivity contribution in [2.75, 3.05) is 6.54 Å². The number of ether oxygens (including phenoxy) is 1. The Morgan fingerprint density at radius 3 is 2.21 bits per heavy atom. The molecule has 1 aliphatic carbocycles. The second-order valence-corrected chi connectivity index (χ2v) is 11.6. The van der Waals surface area contributed by atoms with Crippen LogP contribution in [0.15, 0.2) is 91.0 Å². The molecule has 1 heterocycles. The van der Waals surface area contributed by atoms with E-state index in [1.807, 2.05) is 67.6 Å². The standard InChI is InChI=1S/C35H32ClF3N2O2/c1-22(40-18-17-23-9-4-5-13-28(23)33(40)29-14-6-7-15-30(29)36)34(42)41(27-19-24-10-2-3-11-25(24)20-27)21-26-12-8-16-31(32(26)37)43-35(38)39/h2-16,22,27,33,35H,17-21H2,1H3. The first-order valence-corrected chi connectivity index (χ1v) is 14.9. The summed E-state index contributed by atoms with van der Waals surface area (Å²) in [7, 11) is 0. The summed E-state index contributed by atoms with van der Waals surface area (Å²) in [6.45, 7) is -0.711. The van der Waals surface area contributed by atoms with Crippen LogP contribution in [0.2, 0.25) is 5.02 Å². The van der Waals surface area contributed by atoms with Gasteiger partial charge in [0.1, 0.15) is 0 Å². The maximum Gasteiger partial charge on any atom is 0.387 e. The lowest BCUT2D eigenvalue weighted by Crippen LogP contribution is -2.53. The number of nitrogens with zero attached hydrogens (tertiary/aromatic N) is 2. The lowest BCUT2D eigenvalue weighted by atomic mass is 9.87. The second-order valence-electron chi connectivity index (χ2n) is 11.2. The van der Waals surface area contributed by atoms with Crippen molar-refractivity contribution in [1.82, 2.24) is 9.80 Å². The molecule has 4 nitrogen and oxygen atoms in total. The average molecular weight is 605 g/mol. The Balaban J connectivity index is 1.36. The van der Waals surface area contributed by atoms with Crippen molar-refractivity contribution < 1.29 is 22.7 Å². The van der Waals surface area contributed by atoms with Gasteiger partial charge in [-0.15, -0.1) is 0 Å². The molecule has 2 unspecified atom stereocenters. The van der Waals surface area contributed by atoms with Gasteiger partial charge in [0.25, 0.3) is 0 Å². The summed E-state index contributed by atoms with van der Waals surface area (Å²) in [5.41, 5.74) is 5.65. The summed E-state index contributed by atoms with van der Waals surface area (Å²) in [6.07, 6.45) is 2.02. The number of hydrogen-bond donors (Lipinski definition) is 0. The van der Waals surface area contributed by atoms with Crippen molar-refractivity contribution in [1.29, 1.82) is 0 Å². The van der Waals surface area contributed by atoms with E-state index in [9.17, 15) is 13.6 Å². The Kier molecular flexibility index (Phi) is 8.46. The van der Waals surface area contributed by atoms with Crippen LogP contribution in [0.5, 0.6) is 5.75 Å². The van der Waals surface area contributed by atoms with Gasteiger partial charge >= 0.3 is 6.61 Å². The summed E-state index contributed by atoms with van der Waals surface area (Å²) >= 11 is 6.74. The molecule has 2 atom stereocenters. The quantitative estimate of drug-likeness (QED) is 0.207. The van der Waals surface area contributed by atoms with Gasteiger partial charge < -0.3 is 9.64 Å². The lowest BCUT2D eigenvalue weighted by Gasteiger charge is -2.43. The van der Waals surface area contributed by atoms with Gasteiger partial charge in [0, 0.05) is 29.7 Å². The smallest absolute Gasteiger partial charge is 0.387 e. The fraction of sp³-hybridized carbons (Fsp3) is 0.286. The van der Waals surface area contributed by atoms with Gasteiger partial charge in [0.05, 0.1) is 12.1 Å². The Labute approximate surface area is 254 Å². The van der Waals surface area contributed by atoms with Crippen LogP contribution in [0.1, 0.15) is 46.3 Å². The van der Waals surface area contributed by atoms with Gasteiger partial charge in [-0.1, -0.05) is 90.5 Å². The zero-order valence-corrected chi connectivity index (χ0v) is 24.5. The minimum Gasteiger partial charge on any atom is -0.432 e. The number of rotatable bonds is 8. The predicted molar refractivity (Wildman–Crippen MR) is 161 cm³/mol. The first-order chi connectivity index (χ1) is 20.8. The van der Waals surface area contributed by atoms with E-state index in [1.165, 1.54) is 23.8 Å². The van der Waals surface area contributed by atoms with E-state index in [4.69, 9.17) is 11.6 Å². The molecule has 222 valence electrons. The number of carbonyl (C=O) groups excluding carboxylic acids is 1. The molecular weight excluding hydrogens is 573 g/mol. The Bertz CT molecular complexity index is 1610. The van der Waals surface area contributed by atoms with Gasteiger partial charge in [0.15, 0.2) is 11.6 Å². The van der Waals surface area contributed by atoms with Gasteiger partial charge in [-0.05, 0) is 66.1 Å². The van der Waals surface area contributed by atoms with Crippen LogP contribution in [0.25, 0.3) is 0 Å². The second kappa shape index (κ2) is 12.4. The Hall–Kier alpha value is -3.81. The highest BCUT2D eigenvalue weighted by Crippen LogP contribution is 2.40. The van der Waals surface area contributed by atoms with Crippen molar-refractivity contribution in [3.63, 3.8) is 0 Å². The van der Waals surface area contributed by atoms with E-state index in [-0.39, 0.29) is 30.1 Å². The molecule has 1 aliphatic heterocycles. The van der Waals surface area contributed by atoms with E-state index in [2.05, 4.69) is 21.8 Å². The number of fused-ring (bicyclic) bond motifs is 2. The van der Waals surface area contributed by atoms with Crippen LogP contribution in [0.4, 0.5) is 13.2 Å². The van der Waals surface area contributed by atoms with E-state index in [0.29, 0.717) is 24.4 Å². The zero-order valence-electron chi connectivity index (χ0n) is 23.7. The van der Waals surface area contributed by atoms with E-state index in [1.54, 1.807) is 4.90 Å². The highest BCUT2D eigenvalue weighted by atomic mass is 35.5. The number of alkyl halides is 2. The van der Waals surface area contributed by atoms with E-state index >= 15 is 4.39 Å². The number of benzene rings is 4. The van der Waals surface area contributed by atoms with Crippen molar-refractivity contribution in [3.8, 4) is 5.75 Å². The van der Waals surface area contributed by atoms with Crippen molar-refractivity contribution in [2.45, 2.75) is 57.5 Å². The molecule has 0 saturated carbocycles.